The van der Waals surface area contributed by atoms with Crippen LogP contribution in [0.2, 0.25) is 0 Å². The molecule has 0 radical (unpaired) electrons. The van der Waals surface area contributed by atoms with Gasteiger partial charge in [0.05, 0.1) is 11.6 Å². The zero-order chi connectivity index (χ0) is 15.0. The standard InChI is InChI=1S/C16H15FN2O2/c1-9-3-5-11(17)8-12(9)15(18-2)10-4-6-13-14(7-10)21-16(20)19-13/h3-8,15,18H,1-2H3,(H,19,20). The number of nitrogens with one attached hydrogen (secondary N) is 2. The van der Waals surface area contributed by atoms with Gasteiger partial charge in [0.2, 0.25) is 0 Å². The lowest BCUT2D eigenvalue weighted by Crippen LogP contribution is -2.18. The Labute approximate surface area is 120 Å². The highest BCUT2D eigenvalue weighted by Crippen LogP contribution is 2.27. The summed E-state index contributed by atoms with van der Waals surface area (Å²) in [6, 6.07) is 10.0. The minimum atomic E-state index is -0.481. The van der Waals surface area contributed by atoms with E-state index in [2.05, 4.69) is 10.3 Å². The molecule has 0 aliphatic carbocycles. The number of hydrogen-bond donors (Lipinski definition) is 2. The fraction of sp³-hybridized carbons (Fsp3) is 0.188. The highest BCUT2D eigenvalue weighted by Gasteiger charge is 2.16. The van der Waals surface area contributed by atoms with Gasteiger partial charge in [0.1, 0.15) is 5.82 Å². The monoisotopic (exact) mass is 286 g/mol. The Balaban J connectivity index is 2.12. The topological polar surface area (TPSA) is 58.0 Å². The second-order valence-electron chi connectivity index (χ2n) is 4.99. The van der Waals surface area contributed by atoms with Crippen LogP contribution in [0.1, 0.15) is 22.7 Å². The van der Waals surface area contributed by atoms with Crippen molar-refractivity contribution in [2.24, 2.45) is 0 Å². The van der Waals surface area contributed by atoms with Crippen molar-refractivity contribution in [2.45, 2.75) is 13.0 Å². The third-order valence-corrected chi connectivity index (χ3v) is 3.62. The van der Waals surface area contributed by atoms with Gasteiger partial charge >= 0.3 is 5.76 Å². The molecule has 108 valence electrons. The lowest BCUT2D eigenvalue weighted by Gasteiger charge is -2.19. The van der Waals surface area contributed by atoms with Crippen LogP contribution in [0.25, 0.3) is 11.1 Å². The number of oxazole rings is 1. The Morgan fingerprint density at radius 2 is 2.05 bits per heavy atom. The van der Waals surface area contributed by atoms with Crippen molar-refractivity contribution in [1.29, 1.82) is 0 Å². The van der Waals surface area contributed by atoms with Crippen molar-refractivity contribution in [3.63, 3.8) is 0 Å². The van der Waals surface area contributed by atoms with Gasteiger partial charge in [-0.3, -0.25) is 4.98 Å². The Morgan fingerprint density at radius 3 is 2.81 bits per heavy atom. The predicted molar refractivity (Wildman–Crippen MR) is 78.9 cm³/mol. The number of aromatic nitrogens is 1. The maximum Gasteiger partial charge on any atom is 0.417 e. The van der Waals surface area contributed by atoms with E-state index in [0.29, 0.717) is 11.1 Å². The number of fused-ring (bicyclic) bond motifs is 1. The lowest BCUT2D eigenvalue weighted by atomic mass is 9.95. The van der Waals surface area contributed by atoms with E-state index in [9.17, 15) is 9.18 Å². The van der Waals surface area contributed by atoms with Crippen LogP contribution in [0.3, 0.4) is 0 Å². The fourth-order valence-corrected chi connectivity index (χ4v) is 2.57. The van der Waals surface area contributed by atoms with Gasteiger partial charge in [-0.25, -0.2) is 9.18 Å². The third kappa shape index (κ3) is 2.48. The molecule has 0 aliphatic heterocycles. The van der Waals surface area contributed by atoms with Crippen LogP contribution >= 0.6 is 0 Å². The number of benzene rings is 2. The molecule has 0 saturated carbocycles. The van der Waals surface area contributed by atoms with Gasteiger partial charge in [-0.1, -0.05) is 12.1 Å². The van der Waals surface area contributed by atoms with Crippen molar-refractivity contribution >= 4 is 11.1 Å². The van der Waals surface area contributed by atoms with E-state index in [1.54, 1.807) is 18.2 Å². The van der Waals surface area contributed by atoms with Gasteiger partial charge in [-0.2, -0.15) is 0 Å². The van der Waals surface area contributed by atoms with Gasteiger partial charge in [0.15, 0.2) is 5.58 Å². The Kier molecular flexibility index (Phi) is 3.35. The van der Waals surface area contributed by atoms with Gasteiger partial charge in [-0.05, 0) is 54.9 Å². The van der Waals surface area contributed by atoms with E-state index < -0.39 is 5.76 Å². The van der Waals surface area contributed by atoms with Gasteiger partial charge in [-0.15, -0.1) is 0 Å². The summed E-state index contributed by atoms with van der Waals surface area (Å²) in [7, 11) is 1.81. The summed E-state index contributed by atoms with van der Waals surface area (Å²) in [5, 5.41) is 3.18. The molecule has 0 saturated heterocycles. The van der Waals surface area contributed by atoms with E-state index in [-0.39, 0.29) is 11.9 Å². The molecule has 1 atom stereocenters. The quantitative estimate of drug-likeness (QED) is 0.778. The average molecular weight is 286 g/mol. The first kappa shape index (κ1) is 13.6. The molecule has 0 aliphatic rings. The van der Waals surface area contributed by atoms with Gasteiger partial charge in [0, 0.05) is 0 Å². The van der Waals surface area contributed by atoms with Crippen LogP contribution in [-0.4, -0.2) is 12.0 Å². The fourth-order valence-electron chi connectivity index (χ4n) is 2.57. The SMILES string of the molecule is CNC(c1ccc2[nH]c(=O)oc2c1)c1cc(F)ccc1C. The van der Waals surface area contributed by atoms with Crippen molar-refractivity contribution in [1.82, 2.24) is 10.3 Å². The minimum Gasteiger partial charge on any atom is -0.408 e. The van der Waals surface area contributed by atoms with Crippen LogP contribution in [0, 0.1) is 12.7 Å². The molecular weight excluding hydrogens is 271 g/mol. The maximum absolute atomic E-state index is 13.5. The Morgan fingerprint density at radius 1 is 1.24 bits per heavy atom. The minimum absolute atomic E-state index is 0.176. The zero-order valence-corrected chi connectivity index (χ0v) is 11.7. The van der Waals surface area contributed by atoms with Gasteiger partial charge in [0.25, 0.3) is 0 Å². The van der Waals surface area contributed by atoms with E-state index in [4.69, 9.17) is 4.42 Å². The molecule has 2 aromatic carbocycles. The highest BCUT2D eigenvalue weighted by molar-refractivity contribution is 5.73. The van der Waals surface area contributed by atoms with Crippen molar-refractivity contribution in [2.75, 3.05) is 7.05 Å². The number of halogens is 1. The van der Waals surface area contributed by atoms with Crippen LogP contribution in [0.15, 0.2) is 45.6 Å². The highest BCUT2D eigenvalue weighted by atomic mass is 19.1. The Bertz CT molecular complexity index is 851. The van der Waals surface area contributed by atoms with Crippen molar-refractivity contribution in [3.8, 4) is 0 Å². The molecule has 1 unspecified atom stereocenters. The van der Waals surface area contributed by atoms with Crippen molar-refractivity contribution in [3.05, 3.63) is 69.5 Å². The van der Waals surface area contributed by atoms with Crippen molar-refractivity contribution < 1.29 is 8.81 Å². The molecule has 0 spiro atoms. The molecule has 3 rings (SSSR count). The summed E-state index contributed by atoms with van der Waals surface area (Å²) in [5.74, 6) is -0.754. The smallest absolute Gasteiger partial charge is 0.408 e. The van der Waals surface area contributed by atoms with Crippen LogP contribution < -0.4 is 11.1 Å². The number of H-pyrrole nitrogens is 1. The van der Waals surface area contributed by atoms with Crippen LogP contribution in [0.5, 0.6) is 0 Å². The largest absolute Gasteiger partial charge is 0.417 e. The van der Waals surface area contributed by atoms with Crippen LogP contribution in [-0.2, 0) is 0 Å². The third-order valence-electron chi connectivity index (χ3n) is 3.62. The number of aromatic amines is 1. The molecule has 2 N–H and O–H groups in total. The molecule has 5 heteroatoms. The molecule has 1 aromatic heterocycles. The molecule has 0 bridgehead atoms. The first-order chi connectivity index (χ1) is 10.1. The average Bonchev–Trinajstić information content (AvgIpc) is 2.83. The molecule has 3 aromatic rings. The molecule has 4 nitrogen and oxygen atoms in total. The first-order valence-corrected chi connectivity index (χ1v) is 6.64. The lowest BCUT2D eigenvalue weighted by molar-refractivity contribution is 0.554. The summed E-state index contributed by atoms with van der Waals surface area (Å²) in [4.78, 5) is 13.8. The molecule has 0 fully saturated rings. The molecule has 21 heavy (non-hydrogen) atoms. The summed E-state index contributed by atoms with van der Waals surface area (Å²) >= 11 is 0. The first-order valence-electron chi connectivity index (χ1n) is 6.64. The van der Waals surface area contributed by atoms with E-state index in [1.165, 1.54) is 12.1 Å². The summed E-state index contributed by atoms with van der Waals surface area (Å²) in [6.45, 7) is 1.94. The number of aryl methyl sites for hydroxylation is 1. The zero-order valence-electron chi connectivity index (χ0n) is 11.7. The normalized spacial score (nSPS) is 12.7. The van der Waals surface area contributed by atoms with E-state index >= 15 is 0 Å². The molecular formula is C16H15FN2O2. The van der Waals surface area contributed by atoms with E-state index in [0.717, 1.165) is 16.7 Å². The van der Waals surface area contributed by atoms with E-state index in [1.807, 2.05) is 20.0 Å². The summed E-state index contributed by atoms with van der Waals surface area (Å²) in [6.07, 6.45) is 0. The summed E-state index contributed by atoms with van der Waals surface area (Å²) in [5.41, 5.74) is 3.89. The van der Waals surface area contributed by atoms with Crippen LogP contribution in [0.4, 0.5) is 4.39 Å². The van der Waals surface area contributed by atoms with Gasteiger partial charge < -0.3 is 9.73 Å². The summed E-state index contributed by atoms with van der Waals surface area (Å²) < 4.78 is 18.6. The Hall–Kier alpha value is -2.40. The second kappa shape index (κ2) is 5.18. The number of hydrogen-bond acceptors (Lipinski definition) is 3. The maximum atomic E-state index is 13.5. The predicted octanol–water partition coefficient (Wildman–Crippen LogP) is 2.88. The molecule has 0 amide bonds. The second-order valence-corrected chi connectivity index (χ2v) is 4.99. The molecule has 1 heterocycles. The number of rotatable bonds is 3.